The standard InChI is InChI=1S/C15H12O2S/c1-2-17-15(16)14-9-12-7-10-5-3-4-6-11(10)8-13(12)18-14/h3-9H,2H2,1H3. The number of thiophene rings is 1. The van der Waals surface area contributed by atoms with Gasteiger partial charge in [-0.3, -0.25) is 0 Å². The number of esters is 1. The molecule has 0 atom stereocenters. The number of ether oxygens (including phenoxy) is 1. The predicted octanol–water partition coefficient (Wildman–Crippen LogP) is 4.23. The van der Waals surface area contributed by atoms with Crippen molar-refractivity contribution in [1.29, 1.82) is 0 Å². The second kappa shape index (κ2) is 4.42. The quantitative estimate of drug-likeness (QED) is 0.641. The minimum absolute atomic E-state index is 0.234. The zero-order valence-corrected chi connectivity index (χ0v) is 10.8. The number of carbonyl (C=O) groups excluding carboxylic acids is 1. The topological polar surface area (TPSA) is 26.3 Å². The van der Waals surface area contributed by atoms with Crippen LogP contribution in [0.4, 0.5) is 0 Å². The van der Waals surface area contributed by atoms with Crippen molar-refractivity contribution >= 4 is 38.2 Å². The Labute approximate surface area is 109 Å². The monoisotopic (exact) mass is 256 g/mol. The molecular formula is C15H12O2S. The van der Waals surface area contributed by atoms with Crippen LogP contribution in [0.2, 0.25) is 0 Å². The van der Waals surface area contributed by atoms with E-state index in [-0.39, 0.29) is 5.97 Å². The summed E-state index contributed by atoms with van der Waals surface area (Å²) in [6.07, 6.45) is 0. The Morgan fingerprint density at radius 2 is 1.83 bits per heavy atom. The van der Waals surface area contributed by atoms with Crippen LogP contribution in [0.1, 0.15) is 16.6 Å². The Kier molecular flexibility index (Phi) is 2.76. The zero-order valence-electron chi connectivity index (χ0n) is 9.97. The minimum atomic E-state index is -0.234. The molecule has 3 rings (SSSR count). The zero-order chi connectivity index (χ0) is 12.5. The first kappa shape index (κ1) is 11.2. The van der Waals surface area contributed by atoms with Crippen molar-refractivity contribution in [2.24, 2.45) is 0 Å². The van der Waals surface area contributed by atoms with E-state index in [1.54, 1.807) is 0 Å². The van der Waals surface area contributed by atoms with E-state index >= 15 is 0 Å². The van der Waals surface area contributed by atoms with Crippen molar-refractivity contribution in [1.82, 2.24) is 0 Å². The maximum absolute atomic E-state index is 11.7. The number of hydrogen-bond donors (Lipinski definition) is 0. The molecule has 0 aliphatic rings. The summed E-state index contributed by atoms with van der Waals surface area (Å²) in [5.74, 6) is -0.234. The highest BCUT2D eigenvalue weighted by atomic mass is 32.1. The lowest BCUT2D eigenvalue weighted by Gasteiger charge is -1.96. The van der Waals surface area contributed by atoms with Gasteiger partial charge in [-0.15, -0.1) is 11.3 Å². The molecule has 18 heavy (non-hydrogen) atoms. The minimum Gasteiger partial charge on any atom is -0.462 e. The summed E-state index contributed by atoms with van der Waals surface area (Å²) >= 11 is 1.49. The summed E-state index contributed by atoms with van der Waals surface area (Å²) in [6, 6.07) is 14.3. The van der Waals surface area contributed by atoms with Crippen molar-refractivity contribution in [2.75, 3.05) is 6.61 Å². The molecule has 0 saturated carbocycles. The van der Waals surface area contributed by atoms with Gasteiger partial charge in [0.15, 0.2) is 0 Å². The average Bonchev–Trinajstić information content (AvgIpc) is 2.79. The molecule has 0 aliphatic heterocycles. The molecule has 0 spiro atoms. The second-order valence-electron chi connectivity index (χ2n) is 4.07. The third-order valence-electron chi connectivity index (χ3n) is 2.86. The highest BCUT2D eigenvalue weighted by Gasteiger charge is 2.11. The van der Waals surface area contributed by atoms with Gasteiger partial charge in [0.1, 0.15) is 4.88 Å². The molecule has 2 nitrogen and oxygen atoms in total. The van der Waals surface area contributed by atoms with Gasteiger partial charge in [0, 0.05) is 4.70 Å². The Morgan fingerprint density at radius 3 is 2.56 bits per heavy atom. The molecule has 0 saturated heterocycles. The first-order chi connectivity index (χ1) is 8.78. The van der Waals surface area contributed by atoms with Gasteiger partial charge in [0.2, 0.25) is 0 Å². The molecule has 0 radical (unpaired) electrons. The van der Waals surface area contributed by atoms with E-state index in [4.69, 9.17) is 4.74 Å². The lowest BCUT2D eigenvalue weighted by atomic mass is 10.1. The summed E-state index contributed by atoms with van der Waals surface area (Å²) in [4.78, 5) is 12.4. The first-order valence-corrected chi connectivity index (χ1v) is 6.69. The molecule has 0 bridgehead atoms. The van der Waals surface area contributed by atoms with Crippen LogP contribution < -0.4 is 0 Å². The maximum atomic E-state index is 11.7. The third kappa shape index (κ3) is 1.87. The fourth-order valence-electron chi connectivity index (χ4n) is 2.03. The van der Waals surface area contributed by atoms with Crippen molar-refractivity contribution in [3.63, 3.8) is 0 Å². The molecule has 1 aromatic heterocycles. The summed E-state index contributed by atoms with van der Waals surface area (Å²) in [6.45, 7) is 2.23. The molecule has 3 aromatic rings. The highest BCUT2D eigenvalue weighted by Crippen LogP contribution is 2.30. The number of fused-ring (bicyclic) bond motifs is 2. The van der Waals surface area contributed by atoms with Gasteiger partial charge in [-0.2, -0.15) is 0 Å². The Morgan fingerprint density at radius 1 is 1.11 bits per heavy atom. The molecule has 0 amide bonds. The number of hydrogen-bond acceptors (Lipinski definition) is 3. The van der Waals surface area contributed by atoms with Crippen LogP contribution in [0.3, 0.4) is 0 Å². The molecule has 2 aromatic carbocycles. The van der Waals surface area contributed by atoms with E-state index in [9.17, 15) is 4.79 Å². The molecule has 90 valence electrons. The van der Waals surface area contributed by atoms with E-state index in [0.717, 1.165) is 10.1 Å². The van der Waals surface area contributed by atoms with Gasteiger partial charge in [0.25, 0.3) is 0 Å². The van der Waals surface area contributed by atoms with Crippen LogP contribution in [-0.4, -0.2) is 12.6 Å². The SMILES string of the molecule is CCOC(=O)c1cc2cc3ccccc3cc2s1. The summed E-state index contributed by atoms with van der Waals surface area (Å²) in [5, 5.41) is 3.49. The third-order valence-corrected chi connectivity index (χ3v) is 3.94. The normalized spacial score (nSPS) is 10.9. The van der Waals surface area contributed by atoms with Gasteiger partial charge < -0.3 is 4.74 Å². The maximum Gasteiger partial charge on any atom is 0.348 e. The van der Waals surface area contributed by atoms with E-state index in [2.05, 4.69) is 24.3 Å². The molecule has 0 N–H and O–H groups in total. The van der Waals surface area contributed by atoms with Crippen LogP contribution in [-0.2, 0) is 4.74 Å². The number of rotatable bonds is 2. The van der Waals surface area contributed by atoms with E-state index in [1.807, 2.05) is 25.1 Å². The van der Waals surface area contributed by atoms with Crippen LogP contribution >= 0.6 is 11.3 Å². The van der Waals surface area contributed by atoms with Gasteiger partial charge in [-0.1, -0.05) is 24.3 Å². The summed E-state index contributed by atoms with van der Waals surface area (Å²) in [5.41, 5.74) is 0. The number of benzene rings is 2. The first-order valence-electron chi connectivity index (χ1n) is 5.87. The second-order valence-corrected chi connectivity index (χ2v) is 5.15. The van der Waals surface area contributed by atoms with Crippen LogP contribution in [0.15, 0.2) is 42.5 Å². The van der Waals surface area contributed by atoms with Crippen molar-refractivity contribution in [3.8, 4) is 0 Å². The molecular weight excluding hydrogens is 244 g/mol. The number of carbonyl (C=O) groups is 1. The Balaban J connectivity index is 2.16. The van der Waals surface area contributed by atoms with Crippen molar-refractivity contribution in [2.45, 2.75) is 6.92 Å². The van der Waals surface area contributed by atoms with Crippen LogP contribution in [0, 0.1) is 0 Å². The smallest absolute Gasteiger partial charge is 0.348 e. The summed E-state index contributed by atoms with van der Waals surface area (Å²) in [7, 11) is 0. The van der Waals surface area contributed by atoms with Crippen molar-refractivity contribution in [3.05, 3.63) is 47.3 Å². The van der Waals surface area contributed by atoms with Gasteiger partial charge in [-0.25, -0.2) is 4.79 Å². The fraction of sp³-hybridized carbons (Fsp3) is 0.133. The van der Waals surface area contributed by atoms with Crippen LogP contribution in [0.25, 0.3) is 20.9 Å². The average molecular weight is 256 g/mol. The molecule has 1 heterocycles. The van der Waals surface area contributed by atoms with E-state index in [1.165, 1.54) is 22.1 Å². The fourth-order valence-corrected chi connectivity index (χ4v) is 3.02. The molecule has 0 unspecified atom stereocenters. The van der Waals surface area contributed by atoms with Gasteiger partial charge in [0.05, 0.1) is 6.61 Å². The van der Waals surface area contributed by atoms with Crippen LogP contribution in [0.5, 0.6) is 0 Å². The van der Waals surface area contributed by atoms with Gasteiger partial charge >= 0.3 is 5.97 Å². The predicted molar refractivity (Wildman–Crippen MR) is 75.3 cm³/mol. The van der Waals surface area contributed by atoms with Crippen molar-refractivity contribution < 1.29 is 9.53 Å². The molecule has 3 heteroatoms. The lowest BCUT2D eigenvalue weighted by Crippen LogP contribution is -2.01. The highest BCUT2D eigenvalue weighted by molar-refractivity contribution is 7.20. The summed E-state index contributed by atoms with van der Waals surface area (Å²) < 4.78 is 6.15. The van der Waals surface area contributed by atoms with E-state index < -0.39 is 0 Å². The Hall–Kier alpha value is -1.87. The molecule has 0 fully saturated rings. The van der Waals surface area contributed by atoms with Gasteiger partial charge in [-0.05, 0) is 41.3 Å². The lowest BCUT2D eigenvalue weighted by molar-refractivity contribution is 0.0532. The Bertz CT molecular complexity index is 675. The largest absolute Gasteiger partial charge is 0.462 e. The molecule has 0 aliphatic carbocycles. The van der Waals surface area contributed by atoms with E-state index in [0.29, 0.717) is 11.5 Å².